The van der Waals surface area contributed by atoms with E-state index in [4.69, 9.17) is 21.1 Å². The van der Waals surface area contributed by atoms with E-state index in [1.165, 1.54) is 0 Å². The first-order chi connectivity index (χ1) is 17.6. The van der Waals surface area contributed by atoms with Gasteiger partial charge in [-0.1, -0.05) is 29.0 Å². The molecular weight excluding hydrogens is 534 g/mol. The molecule has 0 spiro atoms. The second kappa shape index (κ2) is 11.8. The van der Waals surface area contributed by atoms with Gasteiger partial charge in [0, 0.05) is 38.8 Å². The van der Waals surface area contributed by atoms with E-state index in [2.05, 4.69) is 9.88 Å². The van der Waals surface area contributed by atoms with Crippen LogP contribution in [0.3, 0.4) is 0 Å². The molecule has 4 rings (SSSR count). The summed E-state index contributed by atoms with van der Waals surface area (Å²) in [6.45, 7) is 5.95. The zero-order valence-corrected chi connectivity index (χ0v) is 21.7. The molecule has 6 nitrogen and oxygen atoms in total. The summed E-state index contributed by atoms with van der Waals surface area (Å²) in [4.78, 5) is 20.4. The molecule has 1 aromatic heterocycles. The SMILES string of the molecule is CCOC(=O)Cc1ccc(Cl)c(OCCN2CCCN(c3nc4cc(F)c(C(F)(F)F)cc4s3)CC2)c1. The van der Waals surface area contributed by atoms with E-state index >= 15 is 0 Å². The van der Waals surface area contributed by atoms with Gasteiger partial charge in [-0.3, -0.25) is 9.69 Å². The Morgan fingerprint density at radius 1 is 1.16 bits per heavy atom. The average Bonchev–Trinajstić information content (AvgIpc) is 3.09. The summed E-state index contributed by atoms with van der Waals surface area (Å²) in [6, 6.07) is 6.88. The zero-order valence-electron chi connectivity index (χ0n) is 20.1. The molecule has 0 saturated carbocycles. The van der Waals surface area contributed by atoms with Crippen molar-refractivity contribution >= 4 is 44.3 Å². The lowest BCUT2D eigenvalue weighted by Gasteiger charge is -2.21. The van der Waals surface area contributed by atoms with Crippen molar-refractivity contribution in [3.8, 4) is 5.75 Å². The van der Waals surface area contributed by atoms with Gasteiger partial charge in [0.05, 0.1) is 33.8 Å². The Labute approximate surface area is 220 Å². The van der Waals surface area contributed by atoms with E-state index in [9.17, 15) is 22.4 Å². The minimum Gasteiger partial charge on any atom is -0.491 e. The summed E-state index contributed by atoms with van der Waals surface area (Å²) in [5.41, 5.74) is -0.299. The van der Waals surface area contributed by atoms with Gasteiger partial charge >= 0.3 is 12.1 Å². The van der Waals surface area contributed by atoms with Crippen molar-refractivity contribution in [2.24, 2.45) is 0 Å². The first-order valence-corrected chi connectivity index (χ1v) is 13.0. The fraction of sp³-hybridized carbons (Fsp3) is 0.440. The predicted octanol–water partition coefficient (Wildman–Crippen LogP) is 5.80. The molecule has 2 heterocycles. The van der Waals surface area contributed by atoms with Gasteiger partial charge < -0.3 is 14.4 Å². The van der Waals surface area contributed by atoms with E-state index in [-0.39, 0.29) is 17.9 Å². The number of carbonyl (C=O) groups is 1. The number of rotatable bonds is 8. The monoisotopic (exact) mass is 559 g/mol. The third-order valence-corrected chi connectivity index (χ3v) is 7.34. The Balaban J connectivity index is 1.33. The number of esters is 1. The third kappa shape index (κ3) is 7.03. The van der Waals surface area contributed by atoms with Crippen LogP contribution in [0, 0.1) is 5.82 Å². The smallest absolute Gasteiger partial charge is 0.419 e. The summed E-state index contributed by atoms with van der Waals surface area (Å²) < 4.78 is 64.3. The summed E-state index contributed by atoms with van der Waals surface area (Å²) in [5, 5.41) is 1.03. The number of thiazole rings is 1. The highest BCUT2D eigenvalue weighted by Gasteiger charge is 2.35. The molecule has 3 aromatic rings. The number of benzene rings is 2. The number of halogens is 5. The van der Waals surface area contributed by atoms with Gasteiger partial charge in [0.1, 0.15) is 18.2 Å². The van der Waals surface area contributed by atoms with Crippen LogP contribution in [0.2, 0.25) is 5.02 Å². The van der Waals surface area contributed by atoms with Crippen molar-refractivity contribution in [2.45, 2.75) is 25.9 Å². The first kappa shape index (κ1) is 27.4. The fourth-order valence-electron chi connectivity index (χ4n) is 4.11. The normalized spacial score (nSPS) is 15.1. The van der Waals surface area contributed by atoms with Crippen LogP contribution in [-0.4, -0.2) is 61.8 Å². The average molecular weight is 560 g/mol. The number of nitrogens with zero attached hydrogens (tertiary/aromatic N) is 3. The van der Waals surface area contributed by atoms with E-state index in [0.717, 1.165) is 42.0 Å². The molecule has 0 amide bonds. The summed E-state index contributed by atoms with van der Waals surface area (Å²) in [6.07, 6.45) is -3.78. The van der Waals surface area contributed by atoms with E-state index < -0.39 is 17.6 Å². The molecule has 0 radical (unpaired) electrons. The van der Waals surface area contributed by atoms with Gasteiger partial charge in [-0.05, 0) is 37.1 Å². The zero-order chi connectivity index (χ0) is 26.6. The Morgan fingerprint density at radius 3 is 2.73 bits per heavy atom. The van der Waals surface area contributed by atoms with Crippen LogP contribution in [0.15, 0.2) is 30.3 Å². The van der Waals surface area contributed by atoms with Crippen molar-refractivity contribution in [2.75, 3.05) is 50.8 Å². The Morgan fingerprint density at radius 2 is 1.97 bits per heavy atom. The molecule has 0 bridgehead atoms. The molecule has 0 N–H and O–H groups in total. The molecule has 1 aliphatic rings. The largest absolute Gasteiger partial charge is 0.491 e. The van der Waals surface area contributed by atoms with Gasteiger partial charge in [0.15, 0.2) is 5.13 Å². The van der Waals surface area contributed by atoms with Gasteiger partial charge in [0.2, 0.25) is 0 Å². The fourth-order valence-corrected chi connectivity index (χ4v) is 5.32. The summed E-state index contributed by atoms with van der Waals surface area (Å²) in [7, 11) is 0. The number of aromatic nitrogens is 1. The lowest BCUT2D eigenvalue weighted by molar-refractivity contribution is -0.142. The van der Waals surface area contributed by atoms with Crippen molar-refractivity contribution in [3.63, 3.8) is 0 Å². The van der Waals surface area contributed by atoms with E-state index in [1.54, 1.807) is 25.1 Å². The molecule has 1 fully saturated rings. The van der Waals surface area contributed by atoms with Crippen LogP contribution in [0.4, 0.5) is 22.7 Å². The highest BCUT2D eigenvalue weighted by Crippen LogP contribution is 2.37. The maximum atomic E-state index is 13.9. The summed E-state index contributed by atoms with van der Waals surface area (Å²) in [5.74, 6) is -1.13. The predicted molar refractivity (Wildman–Crippen MR) is 135 cm³/mol. The van der Waals surface area contributed by atoms with Crippen LogP contribution in [0.1, 0.15) is 24.5 Å². The van der Waals surface area contributed by atoms with Crippen LogP contribution in [0.25, 0.3) is 10.2 Å². The Kier molecular flexibility index (Phi) is 8.76. The van der Waals surface area contributed by atoms with Crippen molar-refractivity contribution in [3.05, 3.63) is 52.3 Å². The number of anilines is 1. The maximum absolute atomic E-state index is 13.9. The number of ether oxygens (including phenoxy) is 2. The molecule has 0 unspecified atom stereocenters. The maximum Gasteiger partial charge on any atom is 0.419 e. The second-order valence-corrected chi connectivity index (χ2v) is 9.99. The highest BCUT2D eigenvalue weighted by molar-refractivity contribution is 7.22. The van der Waals surface area contributed by atoms with Crippen LogP contribution in [0.5, 0.6) is 5.75 Å². The number of fused-ring (bicyclic) bond motifs is 1. The third-order valence-electron chi connectivity index (χ3n) is 5.94. The Hall–Kier alpha value is -2.63. The van der Waals surface area contributed by atoms with Crippen molar-refractivity contribution in [1.29, 1.82) is 0 Å². The topological polar surface area (TPSA) is 54.9 Å². The molecule has 200 valence electrons. The molecule has 37 heavy (non-hydrogen) atoms. The lowest BCUT2D eigenvalue weighted by Crippen LogP contribution is -2.33. The molecular formula is C25H26ClF4N3O3S. The molecule has 0 aliphatic carbocycles. The number of hydrogen-bond donors (Lipinski definition) is 0. The van der Waals surface area contributed by atoms with Crippen LogP contribution in [-0.2, 0) is 22.1 Å². The minimum atomic E-state index is -4.75. The second-order valence-electron chi connectivity index (χ2n) is 8.57. The lowest BCUT2D eigenvalue weighted by atomic mass is 10.1. The standard InChI is InChI=1S/C25H26ClF4N3O3S/c1-2-35-23(34)13-16-4-5-18(26)21(12-16)36-11-10-32-6-3-7-33(9-8-32)24-31-20-15-19(27)17(25(28,29)30)14-22(20)37-24/h4-5,12,14-15H,2-3,6-11,13H2,1H3. The summed E-state index contributed by atoms with van der Waals surface area (Å²) >= 11 is 7.39. The first-order valence-electron chi connectivity index (χ1n) is 11.9. The Bertz CT molecular complexity index is 1250. The van der Waals surface area contributed by atoms with E-state index in [0.29, 0.717) is 60.0 Å². The minimum absolute atomic E-state index is 0.138. The van der Waals surface area contributed by atoms with Crippen LogP contribution >= 0.6 is 22.9 Å². The van der Waals surface area contributed by atoms with Gasteiger partial charge in [-0.25, -0.2) is 9.37 Å². The van der Waals surface area contributed by atoms with Gasteiger partial charge in [0.25, 0.3) is 0 Å². The number of hydrogen-bond acceptors (Lipinski definition) is 7. The van der Waals surface area contributed by atoms with Crippen LogP contribution < -0.4 is 9.64 Å². The van der Waals surface area contributed by atoms with E-state index in [1.807, 2.05) is 4.90 Å². The molecule has 1 saturated heterocycles. The highest BCUT2D eigenvalue weighted by atomic mass is 35.5. The molecule has 1 aliphatic heterocycles. The molecule has 0 atom stereocenters. The van der Waals surface area contributed by atoms with Gasteiger partial charge in [-0.2, -0.15) is 13.2 Å². The number of carbonyl (C=O) groups excluding carboxylic acids is 1. The molecule has 12 heteroatoms. The quantitative estimate of drug-likeness (QED) is 0.257. The van der Waals surface area contributed by atoms with Crippen molar-refractivity contribution < 1.29 is 31.8 Å². The molecule has 2 aromatic carbocycles. The number of alkyl halides is 3. The van der Waals surface area contributed by atoms with Crippen molar-refractivity contribution in [1.82, 2.24) is 9.88 Å². The van der Waals surface area contributed by atoms with Gasteiger partial charge in [-0.15, -0.1) is 0 Å².